The quantitative estimate of drug-likeness (QED) is 0.151. The van der Waals surface area contributed by atoms with E-state index < -0.39 is 21.5 Å². The Morgan fingerprint density at radius 1 is 0.646 bits per heavy atom. The first-order valence-corrected chi connectivity index (χ1v) is 33.8. The molecule has 2 aliphatic carbocycles. The Bertz CT molecular complexity index is 2120. The van der Waals surface area contributed by atoms with Crippen LogP contribution in [0.15, 0.2) is 114 Å². The maximum absolute atomic E-state index is 8.65. The Kier molecular flexibility index (Phi) is 8.56. The van der Waals surface area contributed by atoms with E-state index in [1.165, 1.54) is 72.0 Å². The molecule has 2 unspecified atom stereocenters. The predicted molar refractivity (Wildman–Crippen MR) is 212 cm³/mol. The van der Waals surface area contributed by atoms with Crippen molar-refractivity contribution in [3.8, 4) is 22.3 Å². The average molecular weight is 766 g/mol. The number of halogens is 2. The molecule has 5 aromatic rings. The molecule has 2 aliphatic rings. The van der Waals surface area contributed by atoms with E-state index in [9.17, 15) is 0 Å². The molecule has 0 amide bonds. The molecule has 0 bridgehead atoms. The molecule has 0 spiro atoms. The second kappa shape index (κ2) is 12.1. The minimum atomic E-state index is -4.84. The van der Waals surface area contributed by atoms with Crippen LogP contribution in [0.5, 0.6) is 0 Å². The summed E-state index contributed by atoms with van der Waals surface area (Å²) >= 11 is -4.84. The van der Waals surface area contributed by atoms with Gasteiger partial charge in [-0.15, -0.1) is 0 Å². The summed E-state index contributed by atoms with van der Waals surface area (Å²) in [6.45, 7) is 18.7. The molecule has 0 nitrogen and oxygen atoms in total. The summed E-state index contributed by atoms with van der Waals surface area (Å²) in [5.41, 5.74) is 14.6. The predicted octanol–water partition coefficient (Wildman–Crippen LogP) is 13.7. The first kappa shape index (κ1) is 34.0. The summed E-state index contributed by atoms with van der Waals surface area (Å²) in [6.07, 6.45) is 4.90. The fourth-order valence-electron chi connectivity index (χ4n) is 8.76. The molecule has 0 aliphatic heterocycles. The molecule has 0 fully saturated rings. The van der Waals surface area contributed by atoms with Gasteiger partial charge in [-0.3, -0.25) is 0 Å². The van der Waals surface area contributed by atoms with Crippen LogP contribution in [-0.4, -0.2) is 5.92 Å². The monoisotopic (exact) mass is 763 g/mol. The Balaban J connectivity index is 1.42. The molecular formula is C44H47Cl2SiZr. The summed E-state index contributed by atoms with van der Waals surface area (Å²) in [6, 6.07) is 38.3. The summed E-state index contributed by atoms with van der Waals surface area (Å²) in [5.74, 6) is -1.31. The van der Waals surface area contributed by atoms with Gasteiger partial charge >= 0.3 is 299 Å². The number of rotatable bonds is 6. The van der Waals surface area contributed by atoms with Crippen molar-refractivity contribution in [1.82, 2.24) is 0 Å². The first-order chi connectivity index (χ1) is 22.7. The van der Waals surface area contributed by atoms with Crippen LogP contribution in [0, 0.1) is 5.92 Å². The van der Waals surface area contributed by atoms with Crippen LogP contribution in [-0.2, 0) is 21.0 Å². The van der Waals surface area contributed by atoms with Gasteiger partial charge in [-0.05, 0) is 0 Å². The number of allylic oxidation sites excluding steroid dienone is 2. The molecule has 0 saturated heterocycles. The first-order valence-electron chi connectivity index (χ1n) is 17.5. The van der Waals surface area contributed by atoms with Crippen molar-refractivity contribution >= 4 is 45.9 Å². The van der Waals surface area contributed by atoms with Gasteiger partial charge in [0, 0.05) is 0 Å². The van der Waals surface area contributed by atoms with Gasteiger partial charge in [-0.25, -0.2) is 0 Å². The van der Waals surface area contributed by atoms with Crippen LogP contribution in [0.3, 0.4) is 0 Å². The standard InChI is InChI=1S/C22H25.C20H15.C2H7Si.2ClH.Zr/c1-15(2)18-13-17-7-6-8-20(21(17)14-18)16-9-11-19(12-10-16)22(3,4)5;1-14-12-16-8-5-11-19(20(16)13-14)18-10-4-7-15-6-2-3-9-17(15)18;1-3-2;;;/h6-15H,1-5H3;2-13H,1H3;3H,1-2H3;2*1H;/q;;;;;+2/p-2. The molecule has 2 atom stereocenters. The number of hydrogen-bond acceptors (Lipinski definition) is 0. The third-order valence-corrected chi connectivity index (χ3v) is 63.4. The molecule has 245 valence electrons. The van der Waals surface area contributed by atoms with Gasteiger partial charge in [0.05, 0.1) is 0 Å². The number of fused-ring (bicyclic) bond motifs is 3. The van der Waals surface area contributed by atoms with Crippen LogP contribution in [0.25, 0.3) is 45.2 Å². The van der Waals surface area contributed by atoms with Gasteiger partial charge in [-0.1, -0.05) is 0 Å². The van der Waals surface area contributed by atoms with Crippen LogP contribution < -0.4 is 0 Å². The summed E-state index contributed by atoms with van der Waals surface area (Å²) in [4.78, 5) is 0. The van der Waals surface area contributed by atoms with Crippen molar-refractivity contribution in [1.29, 1.82) is 0 Å². The van der Waals surface area contributed by atoms with E-state index in [0.717, 1.165) is 0 Å². The Hall–Kier alpha value is -2.48. The van der Waals surface area contributed by atoms with Crippen LogP contribution in [0.1, 0.15) is 76.6 Å². The fraction of sp³-hybridized carbons (Fsp3) is 0.273. The van der Waals surface area contributed by atoms with Gasteiger partial charge in [0.1, 0.15) is 0 Å². The topological polar surface area (TPSA) is 0 Å². The average Bonchev–Trinajstić information content (AvgIpc) is 3.63. The molecule has 0 radical (unpaired) electrons. The van der Waals surface area contributed by atoms with E-state index >= 15 is 0 Å². The second-order valence-electron chi connectivity index (χ2n) is 15.9. The fourth-order valence-corrected chi connectivity index (χ4v) is 41.0. The second-order valence-corrected chi connectivity index (χ2v) is 58.4. The van der Waals surface area contributed by atoms with E-state index in [4.69, 9.17) is 17.0 Å². The molecule has 4 heteroatoms. The number of benzene rings is 5. The zero-order valence-corrected chi connectivity index (χ0v) is 34.7. The Morgan fingerprint density at radius 2 is 1.21 bits per heavy atom. The van der Waals surface area contributed by atoms with Crippen LogP contribution in [0.2, 0.25) is 13.1 Å². The zero-order valence-electron chi connectivity index (χ0n) is 29.5. The minimum absolute atomic E-state index is 0.0687. The van der Waals surface area contributed by atoms with Gasteiger partial charge in [0.15, 0.2) is 0 Å². The van der Waals surface area contributed by atoms with Crippen molar-refractivity contribution in [2.24, 2.45) is 5.92 Å². The van der Waals surface area contributed by atoms with E-state index in [1.54, 1.807) is 0 Å². The maximum atomic E-state index is 8.65. The van der Waals surface area contributed by atoms with Crippen molar-refractivity contribution in [2.75, 3.05) is 0 Å². The Labute approximate surface area is 296 Å². The summed E-state index contributed by atoms with van der Waals surface area (Å²) in [5, 5.41) is 2.54. The van der Waals surface area contributed by atoms with Gasteiger partial charge in [0.25, 0.3) is 0 Å². The van der Waals surface area contributed by atoms with E-state index in [-0.39, 0.29) is 12.7 Å². The van der Waals surface area contributed by atoms with Gasteiger partial charge < -0.3 is 0 Å². The molecule has 0 N–H and O–H groups in total. The van der Waals surface area contributed by atoms with Gasteiger partial charge in [0.2, 0.25) is 0 Å². The molecule has 5 aromatic carbocycles. The van der Waals surface area contributed by atoms with Gasteiger partial charge in [-0.2, -0.15) is 0 Å². The molecular weight excluding hydrogens is 719 g/mol. The summed E-state index contributed by atoms with van der Waals surface area (Å²) in [7, 11) is 17.3. The molecule has 48 heavy (non-hydrogen) atoms. The van der Waals surface area contributed by atoms with Crippen molar-refractivity contribution in [3.05, 3.63) is 142 Å². The molecule has 0 heterocycles. The SMILES string of the molecule is CC1=Cc2c(-c3cccc4ccccc34)cccc2[CH]1[Zr]([Cl])([Cl])([CH]1C(C(C)C)=Cc2c(-c3ccc(C(C)(C)C)cc3)cccc21)[SiH](C)C. The third kappa shape index (κ3) is 5.24. The molecule has 7 rings (SSSR count). The molecule has 0 saturated carbocycles. The number of hydrogen-bond donors (Lipinski definition) is 0. The zero-order chi connectivity index (χ0) is 34.2. The van der Waals surface area contributed by atoms with E-state index in [2.05, 4.69) is 170 Å². The third-order valence-electron chi connectivity index (χ3n) is 11.4. The van der Waals surface area contributed by atoms with Crippen LogP contribution in [0.4, 0.5) is 0 Å². The van der Waals surface area contributed by atoms with Crippen molar-refractivity contribution < 1.29 is 15.6 Å². The van der Waals surface area contributed by atoms with Crippen molar-refractivity contribution in [3.63, 3.8) is 0 Å². The van der Waals surface area contributed by atoms with Crippen molar-refractivity contribution in [2.45, 2.75) is 67.3 Å². The van der Waals surface area contributed by atoms with Crippen LogP contribution >= 0.6 is 17.0 Å². The van der Waals surface area contributed by atoms with E-state index in [0.29, 0.717) is 5.92 Å². The molecule has 0 aromatic heterocycles. The normalized spacial score (nSPS) is 18.5. The summed E-state index contributed by atoms with van der Waals surface area (Å²) < 4.78 is 0.143. The van der Waals surface area contributed by atoms with E-state index in [1.807, 2.05) is 0 Å². The Morgan fingerprint density at radius 3 is 1.85 bits per heavy atom.